The van der Waals surface area contributed by atoms with Gasteiger partial charge in [0, 0.05) is 25.0 Å². The van der Waals surface area contributed by atoms with Gasteiger partial charge >= 0.3 is 5.97 Å². The van der Waals surface area contributed by atoms with Crippen LogP contribution in [-0.4, -0.2) is 141 Å². The third-order valence-corrected chi connectivity index (χ3v) is 14.6. The number of carbonyl (C=O) groups excluding carboxylic acids is 1. The third-order valence-electron chi connectivity index (χ3n) is 14.6. The fourth-order valence-corrected chi connectivity index (χ4v) is 11.6. The van der Waals surface area contributed by atoms with Crippen molar-refractivity contribution < 1.29 is 69.0 Å². The van der Waals surface area contributed by atoms with Gasteiger partial charge in [-0.1, -0.05) is 13.8 Å². The summed E-state index contributed by atoms with van der Waals surface area (Å²) in [6, 6.07) is 0. The number of aliphatic hydroxyl groups is 7. The monoisotopic (exact) mass is 712 g/mol. The molecule has 18 atom stereocenters. The summed E-state index contributed by atoms with van der Waals surface area (Å²) in [5.41, 5.74) is -1.77. The Balaban J connectivity index is 1.01. The summed E-state index contributed by atoms with van der Waals surface area (Å²) < 4.78 is 34.9. The van der Waals surface area contributed by atoms with E-state index in [4.69, 9.17) is 28.4 Å². The van der Waals surface area contributed by atoms with Crippen LogP contribution in [0.5, 0.6) is 0 Å². The Morgan fingerprint density at radius 1 is 0.820 bits per heavy atom. The molecule has 14 heteroatoms. The first-order chi connectivity index (χ1) is 23.6. The van der Waals surface area contributed by atoms with Gasteiger partial charge in [-0.05, 0) is 87.0 Å². The van der Waals surface area contributed by atoms with E-state index in [0.29, 0.717) is 45.1 Å². The lowest BCUT2D eigenvalue weighted by atomic mass is 9.42. The highest BCUT2D eigenvalue weighted by molar-refractivity contribution is 5.85. The molecule has 3 heterocycles. The number of aliphatic hydroxyl groups excluding tert-OH is 5. The van der Waals surface area contributed by atoms with Gasteiger partial charge in [0.1, 0.15) is 49.3 Å². The zero-order chi connectivity index (χ0) is 36.0. The lowest BCUT2D eigenvalue weighted by Gasteiger charge is -2.66. The second-order valence-electron chi connectivity index (χ2n) is 16.7. The van der Waals surface area contributed by atoms with Gasteiger partial charge in [-0.25, -0.2) is 4.79 Å². The van der Waals surface area contributed by atoms with Gasteiger partial charge in [-0.3, -0.25) is 0 Å². The minimum atomic E-state index is -1.63. The molecular weight excluding hydrogens is 656 g/mol. The second kappa shape index (κ2) is 13.2. The molecule has 6 fully saturated rings. The molecule has 50 heavy (non-hydrogen) atoms. The maximum Gasteiger partial charge on any atom is 0.331 e. The number of ether oxygens (including phenoxy) is 6. The number of fused-ring (bicyclic) bond motifs is 5. The molecule has 0 spiro atoms. The quantitative estimate of drug-likeness (QED) is 0.137. The molecule has 0 aromatic heterocycles. The predicted molar refractivity (Wildman–Crippen MR) is 172 cm³/mol. The van der Waals surface area contributed by atoms with E-state index in [1.807, 2.05) is 0 Å². The highest BCUT2D eigenvalue weighted by Crippen LogP contribution is 2.70. The van der Waals surface area contributed by atoms with Crippen LogP contribution in [0, 0.1) is 28.6 Å². The minimum absolute atomic E-state index is 0.0278. The molecule has 284 valence electrons. The Hall–Kier alpha value is -1.27. The summed E-state index contributed by atoms with van der Waals surface area (Å²) in [5, 5.41) is 76.8. The molecule has 0 amide bonds. The Bertz CT molecular complexity index is 1310. The Kier molecular flexibility index (Phi) is 9.81. The maximum atomic E-state index is 12.5. The Morgan fingerprint density at radius 2 is 1.52 bits per heavy atom. The van der Waals surface area contributed by atoms with Gasteiger partial charge < -0.3 is 64.2 Å². The van der Waals surface area contributed by atoms with Crippen LogP contribution < -0.4 is 0 Å². The van der Waals surface area contributed by atoms with E-state index in [9.17, 15) is 40.5 Å². The predicted octanol–water partition coefficient (Wildman–Crippen LogP) is 0.0493. The van der Waals surface area contributed by atoms with Crippen LogP contribution >= 0.6 is 0 Å². The van der Waals surface area contributed by atoms with Crippen molar-refractivity contribution in [2.75, 3.05) is 20.3 Å². The van der Waals surface area contributed by atoms with Crippen LogP contribution in [0.1, 0.15) is 78.6 Å². The van der Waals surface area contributed by atoms with Gasteiger partial charge in [-0.2, -0.15) is 0 Å². The van der Waals surface area contributed by atoms with E-state index in [1.165, 1.54) is 7.11 Å². The lowest BCUT2D eigenvalue weighted by Crippen LogP contribution is -2.68. The molecule has 14 nitrogen and oxygen atoms in total. The van der Waals surface area contributed by atoms with Gasteiger partial charge in [-0.15, -0.1) is 0 Å². The molecule has 4 aliphatic carbocycles. The first-order valence-electron chi connectivity index (χ1n) is 18.4. The topological polar surface area (TPSA) is 214 Å². The van der Waals surface area contributed by atoms with Crippen LogP contribution in [0.2, 0.25) is 0 Å². The van der Waals surface area contributed by atoms with Crippen molar-refractivity contribution in [1.82, 2.24) is 0 Å². The molecule has 7 aliphatic rings. The summed E-state index contributed by atoms with van der Waals surface area (Å²) in [4.78, 5) is 11.9. The van der Waals surface area contributed by atoms with Gasteiger partial charge in [0.15, 0.2) is 12.6 Å². The van der Waals surface area contributed by atoms with E-state index in [-0.39, 0.29) is 29.1 Å². The van der Waals surface area contributed by atoms with Crippen molar-refractivity contribution in [1.29, 1.82) is 0 Å². The van der Waals surface area contributed by atoms with Gasteiger partial charge in [0.2, 0.25) is 0 Å². The third kappa shape index (κ3) is 5.55. The standard InChI is InChI=1S/C36H56O14/c1-17-29(50-31-27(41)26(40)25(39)23(15-37)49-31)30(45-4)28(42)32(47-17)48-19-5-9-33(2)21-6-10-34(3)20(18-13-24(38)46-16-18)8-12-36(34,44)22(21)7-11-35(33,43)14-19/h13,17,19-23,25-32,37,39-44H,5-12,14-16H2,1-4H3/t17-,19+,20-,21+,22-,23-,25-,26+,27-,28-,29+,30-,31+,32+,33-,34-,35+,36+/m1/s1. The molecule has 7 N–H and O–H groups in total. The summed E-state index contributed by atoms with van der Waals surface area (Å²) in [7, 11) is 1.40. The van der Waals surface area contributed by atoms with Crippen LogP contribution in [0.15, 0.2) is 11.6 Å². The number of carbonyl (C=O) groups is 1. The van der Waals surface area contributed by atoms with Crippen molar-refractivity contribution in [3.8, 4) is 0 Å². The van der Waals surface area contributed by atoms with E-state index >= 15 is 0 Å². The van der Waals surface area contributed by atoms with Gasteiger partial charge in [0.05, 0.1) is 30.0 Å². The zero-order valence-corrected chi connectivity index (χ0v) is 29.4. The molecule has 0 radical (unpaired) electrons. The smallest absolute Gasteiger partial charge is 0.331 e. The summed E-state index contributed by atoms with van der Waals surface area (Å²) >= 11 is 0. The number of hydrogen-bond donors (Lipinski definition) is 7. The van der Waals surface area contributed by atoms with Crippen molar-refractivity contribution in [2.45, 2.75) is 157 Å². The van der Waals surface area contributed by atoms with E-state index < -0.39 is 90.7 Å². The molecule has 4 saturated carbocycles. The number of methoxy groups -OCH3 is 1. The number of esters is 1. The average Bonchev–Trinajstić information content (AvgIpc) is 3.63. The molecular formula is C36H56O14. The van der Waals surface area contributed by atoms with Crippen molar-refractivity contribution in [3.63, 3.8) is 0 Å². The number of rotatable bonds is 7. The summed E-state index contributed by atoms with van der Waals surface area (Å²) in [5.74, 6) is -0.0640. The van der Waals surface area contributed by atoms with Crippen LogP contribution in [0.3, 0.4) is 0 Å². The van der Waals surface area contributed by atoms with Crippen LogP contribution in [-0.2, 0) is 33.2 Å². The largest absolute Gasteiger partial charge is 0.458 e. The zero-order valence-electron chi connectivity index (χ0n) is 29.4. The van der Waals surface area contributed by atoms with Crippen molar-refractivity contribution in [3.05, 3.63) is 11.6 Å². The fourth-order valence-electron chi connectivity index (χ4n) is 11.6. The minimum Gasteiger partial charge on any atom is -0.458 e. The summed E-state index contributed by atoms with van der Waals surface area (Å²) in [6.45, 7) is 5.73. The normalized spacial score (nSPS) is 55.1. The van der Waals surface area contributed by atoms with E-state index in [1.54, 1.807) is 13.0 Å². The highest BCUT2D eigenvalue weighted by atomic mass is 16.7. The van der Waals surface area contributed by atoms with Crippen LogP contribution in [0.4, 0.5) is 0 Å². The van der Waals surface area contributed by atoms with E-state index in [2.05, 4.69) is 13.8 Å². The highest BCUT2D eigenvalue weighted by Gasteiger charge is 2.70. The SMILES string of the molecule is CO[C@@H]1[C@@H](O)[C@H](O[C@H]2CC[C@]3(C)[C@H]4CC[C@]5(C)[C@@H](C6=CC(=O)OC6)CC[C@]5(O)[C@@H]4CC[C@]3(O)C2)O[C@H](C)[C@@H]1O[C@@H]1O[C@H](CO)[C@@H](O)[C@H](O)[C@H]1O. The molecule has 0 aromatic rings. The molecule has 7 rings (SSSR count). The molecule has 0 bridgehead atoms. The number of cyclic esters (lactones) is 1. The van der Waals surface area contributed by atoms with Crippen molar-refractivity contribution >= 4 is 5.97 Å². The first kappa shape index (κ1) is 37.1. The van der Waals surface area contributed by atoms with E-state index in [0.717, 1.165) is 24.8 Å². The average molecular weight is 713 g/mol. The first-order valence-corrected chi connectivity index (χ1v) is 18.4. The Labute approximate surface area is 292 Å². The maximum absolute atomic E-state index is 12.5. The Morgan fingerprint density at radius 3 is 2.20 bits per heavy atom. The molecule has 2 saturated heterocycles. The fraction of sp³-hybridized carbons (Fsp3) is 0.917. The van der Waals surface area contributed by atoms with Crippen LogP contribution in [0.25, 0.3) is 0 Å². The summed E-state index contributed by atoms with van der Waals surface area (Å²) in [6.07, 6.45) is -5.32. The molecule has 0 aromatic carbocycles. The number of hydrogen-bond acceptors (Lipinski definition) is 14. The molecule has 0 unspecified atom stereocenters. The lowest BCUT2D eigenvalue weighted by molar-refractivity contribution is -0.363. The molecule has 3 aliphatic heterocycles. The van der Waals surface area contributed by atoms with Gasteiger partial charge in [0.25, 0.3) is 0 Å². The second-order valence-corrected chi connectivity index (χ2v) is 16.7. The van der Waals surface area contributed by atoms with Crippen molar-refractivity contribution in [2.24, 2.45) is 28.6 Å².